The van der Waals surface area contributed by atoms with E-state index in [4.69, 9.17) is 10.5 Å². The molecule has 0 spiro atoms. The average Bonchev–Trinajstić information content (AvgIpc) is 2.46. The Labute approximate surface area is 145 Å². The number of amides is 1. The van der Waals surface area contributed by atoms with Crippen LogP contribution in [0.4, 0.5) is 0 Å². The van der Waals surface area contributed by atoms with Gasteiger partial charge in [0.15, 0.2) is 0 Å². The summed E-state index contributed by atoms with van der Waals surface area (Å²) < 4.78 is 5.32. The largest absolute Gasteiger partial charge is 0.381 e. The lowest BCUT2D eigenvalue weighted by molar-refractivity contribution is -0.124. The van der Waals surface area contributed by atoms with Crippen molar-refractivity contribution in [3.05, 3.63) is 34.9 Å². The second-order valence-electron chi connectivity index (χ2n) is 6.59. The molecule has 1 aliphatic heterocycles. The number of halogens is 1. The minimum absolute atomic E-state index is 0. The van der Waals surface area contributed by atoms with Crippen molar-refractivity contribution in [2.45, 2.75) is 52.1 Å². The van der Waals surface area contributed by atoms with Gasteiger partial charge >= 0.3 is 0 Å². The molecule has 1 aromatic rings. The summed E-state index contributed by atoms with van der Waals surface area (Å²) in [5, 5.41) is 3.06. The van der Waals surface area contributed by atoms with Gasteiger partial charge in [0.2, 0.25) is 5.91 Å². The van der Waals surface area contributed by atoms with Gasteiger partial charge in [-0.05, 0) is 51.5 Å². The van der Waals surface area contributed by atoms with E-state index in [9.17, 15) is 4.79 Å². The third-order valence-electron chi connectivity index (χ3n) is 4.29. The van der Waals surface area contributed by atoms with E-state index in [1.54, 1.807) is 0 Å². The number of carbonyl (C=O) groups excluding carboxylic acids is 1. The molecule has 1 fully saturated rings. The Morgan fingerprint density at radius 1 is 1.26 bits per heavy atom. The van der Waals surface area contributed by atoms with Crippen molar-refractivity contribution in [3.63, 3.8) is 0 Å². The van der Waals surface area contributed by atoms with Gasteiger partial charge in [-0.3, -0.25) is 4.79 Å². The zero-order chi connectivity index (χ0) is 16.1. The van der Waals surface area contributed by atoms with Gasteiger partial charge in [-0.2, -0.15) is 0 Å². The lowest BCUT2D eigenvalue weighted by Gasteiger charge is -2.27. The average molecular weight is 341 g/mol. The van der Waals surface area contributed by atoms with E-state index in [-0.39, 0.29) is 30.3 Å². The molecule has 0 radical (unpaired) electrons. The number of benzene rings is 1. The van der Waals surface area contributed by atoms with Gasteiger partial charge < -0.3 is 15.8 Å². The van der Waals surface area contributed by atoms with Gasteiger partial charge in [0, 0.05) is 19.3 Å². The van der Waals surface area contributed by atoms with Gasteiger partial charge in [0.25, 0.3) is 0 Å². The van der Waals surface area contributed by atoms with E-state index in [0.717, 1.165) is 19.3 Å². The molecule has 1 aromatic carbocycles. The molecule has 4 nitrogen and oxygen atoms in total. The molecule has 2 rings (SSSR count). The fourth-order valence-electron chi connectivity index (χ4n) is 3.22. The molecule has 0 bridgehead atoms. The van der Waals surface area contributed by atoms with Gasteiger partial charge in [0.05, 0.1) is 6.04 Å². The Morgan fingerprint density at radius 3 is 2.39 bits per heavy atom. The van der Waals surface area contributed by atoms with Crippen LogP contribution in [-0.2, 0) is 16.0 Å². The SMILES string of the molecule is Cc1cc(C)cc(CC(C)NC(=O)C(N)C2CCOCC2)c1.Cl. The van der Waals surface area contributed by atoms with Gasteiger partial charge in [-0.1, -0.05) is 29.3 Å². The van der Waals surface area contributed by atoms with E-state index in [1.807, 2.05) is 6.92 Å². The van der Waals surface area contributed by atoms with Crippen LogP contribution in [0, 0.1) is 19.8 Å². The maximum atomic E-state index is 12.3. The van der Waals surface area contributed by atoms with Crippen LogP contribution in [0.25, 0.3) is 0 Å². The molecule has 5 heteroatoms. The van der Waals surface area contributed by atoms with E-state index < -0.39 is 6.04 Å². The molecular formula is C18H29ClN2O2. The molecule has 2 atom stereocenters. The van der Waals surface area contributed by atoms with E-state index >= 15 is 0 Å². The standard InChI is InChI=1S/C18H28N2O2.ClH/c1-12-8-13(2)10-15(9-12)11-14(3)20-18(21)17(19)16-4-6-22-7-5-16;/h8-10,14,16-17H,4-7,11,19H2,1-3H3,(H,20,21);1H. The summed E-state index contributed by atoms with van der Waals surface area (Å²) in [5.41, 5.74) is 9.88. The Bertz CT molecular complexity index is 495. The van der Waals surface area contributed by atoms with E-state index in [2.05, 4.69) is 37.4 Å². The maximum Gasteiger partial charge on any atom is 0.237 e. The molecule has 0 saturated carbocycles. The highest BCUT2D eigenvalue weighted by molar-refractivity contribution is 5.85. The molecule has 1 saturated heterocycles. The first kappa shape index (κ1) is 19.9. The minimum Gasteiger partial charge on any atom is -0.381 e. The summed E-state index contributed by atoms with van der Waals surface area (Å²) in [6.45, 7) is 7.65. The van der Waals surface area contributed by atoms with Gasteiger partial charge in [-0.15, -0.1) is 12.4 Å². The highest BCUT2D eigenvalue weighted by Crippen LogP contribution is 2.18. The first-order chi connectivity index (χ1) is 10.5. The fraction of sp³-hybridized carbons (Fsp3) is 0.611. The Morgan fingerprint density at radius 2 is 1.83 bits per heavy atom. The van der Waals surface area contributed by atoms with E-state index in [0.29, 0.717) is 13.2 Å². The molecule has 1 aliphatic rings. The lowest BCUT2D eigenvalue weighted by atomic mass is 9.91. The highest BCUT2D eigenvalue weighted by Gasteiger charge is 2.27. The Hall–Kier alpha value is -1.10. The van der Waals surface area contributed by atoms with Crippen LogP contribution in [0.1, 0.15) is 36.5 Å². The second-order valence-corrected chi connectivity index (χ2v) is 6.59. The summed E-state index contributed by atoms with van der Waals surface area (Å²) in [7, 11) is 0. The molecule has 1 amide bonds. The molecular weight excluding hydrogens is 312 g/mol. The van der Waals surface area contributed by atoms with Crippen LogP contribution in [0.5, 0.6) is 0 Å². The van der Waals surface area contributed by atoms with Gasteiger partial charge in [0.1, 0.15) is 0 Å². The topological polar surface area (TPSA) is 64.4 Å². The predicted octanol–water partition coefficient (Wildman–Crippen LogP) is 2.53. The molecule has 2 unspecified atom stereocenters. The number of nitrogens with two attached hydrogens (primary N) is 1. The van der Waals surface area contributed by atoms with Crippen LogP contribution in [-0.4, -0.2) is 31.2 Å². The van der Waals surface area contributed by atoms with Gasteiger partial charge in [-0.25, -0.2) is 0 Å². The number of aryl methyl sites for hydroxylation is 2. The normalized spacial score (nSPS) is 17.9. The summed E-state index contributed by atoms with van der Waals surface area (Å²) >= 11 is 0. The number of rotatable bonds is 5. The van der Waals surface area contributed by atoms with Crippen molar-refractivity contribution in [2.24, 2.45) is 11.7 Å². The summed E-state index contributed by atoms with van der Waals surface area (Å²) in [5.74, 6) is 0.200. The molecule has 23 heavy (non-hydrogen) atoms. The number of nitrogens with one attached hydrogen (secondary N) is 1. The molecule has 0 aliphatic carbocycles. The number of hydrogen-bond donors (Lipinski definition) is 2. The third-order valence-corrected chi connectivity index (χ3v) is 4.29. The Balaban J connectivity index is 0.00000264. The Kier molecular flexibility index (Phi) is 8.03. The summed E-state index contributed by atoms with van der Waals surface area (Å²) in [4.78, 5) is 12.3. The van der Waals surface area contributed by atoms with Crippen molar-refractivity contribution in [3.8, 4) is 0 Å². The quantitative estimate of drug-likeness (QED) is 0.865. The van der Waals surface area contributed by atoms with Crippen LogP contribution in [0.3, 0.4) is 0 Å². The molecule has 1 heterocycles. The highest BCUT2D eigenvalue weighted by atomic mass is 35.5. The van der Waals surface area contributed by atoms with Crippen molar-refractivity contribution < 1.29 is 9.53 Å². The second kappa shape index (κ2) is 9.26. The van der Waals surface area contributed by atoms with Crippen molar-refractivity contribution >= 4 is 18.3 Å². The smallest absolute Gasteiger partial charge is 0.237 e. The van der Waals surface area contributed by atoms with Crippen LogP contribution >= 0.6 is 12.4 Å². The zero-order valence-electron chi connectivity index (χ0n) is 14.3. The first-order valence-corrected chi connectivity index (χ1v) is 8.16. The minimum atomic E-state index is -0.425. The first-order valence-electron chi connectivity index (χ1n) is 8.16. The lowest BCUT2D eigenvalue weighted by Crippen LogP contribution is -2.49. The summed E-state index contributed by atoms with van der Waals surface area (Å²) in [6, 6.07) is 6.17. The van der Waals surface area contributed by atoms with Crippen molar-refractivity contribution in [2.75, 3.05) is 13.2 Å². The predicted molar refractivity (Wildman–Crippen MR) is 96.0 cm³/mol. The van der Waals surface area contributed by atoms with Crippen LogP contribution in [0.2, 0.25) is 0 Å². The fourth-order valence-corrected chi connectivity index (χ4v) is 3.22. The van der Waals surface area contributed by atoms with Crippen molar-refractivity contribution in [1.82, 2.24) is 5.32 Å². The van der Waals surface area contributed by atoms with E-state index in [1.165, 1.54) is 16.7 Å². The monoisotopic (exact) mass is 340 g/mol. The number of ether oxygens (including phenoxy) is 1. The molecule has 130 valence electrons. The molecule has 3 N–H and O–H groups in total. The van der Waals surface area contributed by atoms with Crippen molar-refractivity contribution in [1.29, 1.82) is 0 Å². The zero-order valence-corrected chi connectivity index (χ0v) is 15.1. The molecule has 0 aromatic heterocycles. The maximum absolute atomic E-state index is 12.3. The van der Waals surface area contributed by atoms with Crippen LogP contribution < -0.4 is 11.1 Å². The number of carbonyl (C=O) groups is 1. The summed E-state index contributed by atoms with van der Waals surface area (Å²) in [6.07, 6.45) is 2.58. The van der Waals surface area contributed by atoms with Crippen LogP contribution in [0.15, 0.2) is 18.2 Å². The third kappa shape index (κ3) is 6.13. The number of hydrogen-bond acceptors (Lipinski definition) is 3.